The lowest BCUT2D eigenvalue weighted by molar-refractivity contribution is -0.137. The monoisotopic (exact) mass is 292 g/mol. The van der Waals surface area contributed by atoms with Gasteiger partial charge in [-0.15, -0.1) is 0 Å². The SMILES string of the molecule is CC(=O)CC(c1cccc(F)c1)C1C(=O)NC(=O)NC1=O. The summed E-state index contributed by atoms with van der Waals surface area (Å²) in [6.45, 7) is 1.32. The molecule has 0 saturated carbocycles. The van der Waals surface area contributed by atoms with E-state index < -0.39 is 35.5 Å². The summed E-state index contributed by atoms with van der Waals surface area (Å²) in [4.78, 5) is 46.3. The molecule has 1 aliphatic rings. The molecule has 4 amide bonds. The Hall–Kier alpha value is -2.57. The number of urea groups is 1. The minimum Gasteiger partial charge on any atom is -0.300 e. The number of carbonyl (C=O) groups excluding carboxylic acids is 4. The van der Waals surface area contributed by atoms with Gasteiger partial charge in [-0.25, -0.2) is 9.18 Å². The van der Waals surface area contributed by atoms with E-state index in [4.69, 9.17) is 0 Å². The van der Waals surface area contributed by atoms with Gasteiger partial charge in [-0.1, -0.05) is 12.1 Å². The number of imide groups is 2. The number of Topliss-reactive ketones (excluding diaryl/α,β-unsaturated/α-hetero) is 1. The Balaban J connectivity index is 2.40. The minimum absolute atomic E-state index is 0.108. The molecule has 21 heavy (non-hydrogen) atoms. The van der Waals surface area contributed by atoms with Crippen LogP contribution in [-0.2, 0) is 14.4 Å². The number of amides is 4. The van der Waals surface area contributed by atoms with Crippen molar-refractivity contribution < 1.29 is 23.6 Å². The number of ketones is 1. The van der Waals surface area contributed by atoms with Crippen LogP contribution in [0.5, 0.6) is 0 Å². The zero-order valence-corrected chi connectivity index (χ0v) is 11.2. The molecule has 1 atom stereocenters. The summed E-state index contributed by atoms with van der Waals surface area (Å²) in [6.07, 6.45) is -0.108. The summed E-state index contributed by atoms with van der Waals surface area (Å²) in [5, 5.41) is 3.97. The van der Waals surface area contributed by atoms with E-state index in [0.717, 1.165) is 0 Å². The molecule has 0 aromatic heterocycles. The summed E-state index contributed by atoms with van der Waals surface area (Å²) in [5.41, 5.74) is 0.356. The lowest BCUT2D eigenvalue weighted by Crippen LogP contribution is -2.57. The number of nitrogens with one attached hydrogen (secondary N) is 2. The first-order valence-corrected chi connectivity index (χ1v) is 6.29. The average molecular weight is 292 g/mol. The first kappa shape index (κ1) is 14.8. The van der Waals surface area contributed by atoms with E-state index in [9.17, 15) is 23.6 Å². The second kappa shape index (κ2) is 5.82. The molecule has 1 aromatic rings. The van der Waals surface area contributed by atoms with Crippen LogP contribution in [0, 0.1) is 11.7 Å². The van der Waals surface area contributed by atoms with Crippen LogP contribution in [-0.4, -0.2) is 23.6 Å². The standard InChI is InChI=1S/C14H13FN2O4/c1-7(18)5-10(8-3-2-4-9(15)6-8)11-12(19)16-14(21)17-13(11)20/h2-4,6,10-11H,5H2,1H3,(H2,16,17,19,20,21). The number of rotatable bonds is 4. The fourth-order valence-electron chi connectivity index (χ4n) is 2.37. The summed E-state index contributed by atoms with van der Waals surface area (Å²) < 4.78 is 13.3. The van der Waals surface area contributed by atoms with Crippen molar-refractivity contribution in [2.24, 2.45) is 5.92 Å². The van der Waals surface area contributed by atoms with Crippen molar-refractivity contribution in [3.05, 3.63) is 35.6 Å². The van der Waals surface area contributed by atoms with Crippen molar-refractivity contribution in [2.75, 3.05) is 0 Å². The summed E-state index contributed by atoms with van der Waals surface area (Å²) in [7, 11) is 0. The van der Waals surface area contributed by atoms with Crippen LogP contribution in [0.1, 0.15) is 24.8 Å². The van der Waals surface area contributed by atoms with E-state index in [2.05, 4.69) is 0 Å². The molecule has 1 unspecified atom stereocenters. The molecule has 1 saturated heterocycles. The quantitative estimate of drug-likeness (QED) is 0.805. The molecule has 0 aliphatic carbocycles. The number of barbiturate groups is 1. The molecule has 1 aromatic carbocycles. The van der Waals surface area contributed by atoms with Gasteiger partial charge >= 0.3 is 6.03 Å². The molecule has 1 fully saturated rings. The fraction of sp³-hybridized carbons (Fsp3) is 0.286. The molecule has 1 heterocycles. The second-order valence-corrected chi connectivity index (χ2v) is 4.85. The molecule has 1 aliphatic heterocycles. The molecule has 0 spiro atoms. The molecule has 2 rings (SSSR count). The number of hydrogen-bond acceptors (Lipinski definition) is 4. The highest BCUT2D eigenvalue weighted by molar-refractivity contribution is 6.16. The van der Waals surface area contributed by atoms with E-state index >= 15 is 0 Å². The Kier molecular flexibility index (Phi) is 4.11. The molecule has 0 radical (unpaired) electrons. The van der Waals surface area contributed by atoms with Crippen LogP contribution in [0.25, 0.3) is 0 Å². The zero-order valence-electron chi connectivity index (χ0n) is 11.2. The molecular weight excluding hydrogens is 279 g/mol. The highest BCUT2D eigenvalue weighted by atomic mass is 19.1. The fourth-order valence-corrected chi connectivity index (χ4v) is 2.37. The zero-order chi connectivity index (χ0) is 15.6. The number of halogens is 1. The molecule has 7 heteroatoms. The Morgan fingerprint density at radius 3 is 2.38 bits per heavy atom. The van der Waals surface area contributed by atoms with Crippen LogP contribution in [0.4, 0.5) is 9.18 Å². The summed E-state index contributed by atoms with van der Waals surface area (Å²) in [5.74, 6) is -4.45. The Morgan fingerprint density at radius 1 is 1.24 bits per heavy atom. The van der Waals surface area contributed by atoms with Crippen LogP contribution in [0.3, 0.4) is 0 Å². The number of hydrogen-bond donors (Lipinski definition) is 2. The Labute approximate surface area is 119 Å². The Bertz CT molecular complexity index is 609. The third-order valence-corrected chi connectivity index (χ3v) is 3.22. The van der Waals surface area contributed by atoms with E-state index in [0.29, 0.717) is 5.56 Å². The maximum atomic E-state index is 13.3. The first-order chi connectivity index (χ1) is 9.88. The first-order valence-electron chi connectivity index (χ1n) is 6.29. The summed E-state index contributed by atoms with van der Waals surface area (Å²) >= 11 is 0. The van der Waals surface area contributed by atoms with E-state index in [1.807, 2.05) is 10.6 Å². The molecule has 2 N–H and O–H groups in total. The van der Waals surface area contributed by atoms with Crippen molar-refractivity contribution in [1.29, 1.82) is 0 Å². The minimum atomic E-state index is -1.26. The van der Waals surface area contributed by atoms with E-state index in [1.165, 1.54) is 31.2 Å². The van der Waals surface area contributed by atoms with Gasteiger partial charge in [-0.2, -0.15) is 0 Å². The van der Waals surface area contributed by atoms with Crippen molar-refractivity contribution in [2.45, 2.75) is 19.3 Å². The maximum Gasteiger partial charge on any atom is 0.328 e. The average Bonchev–Trinajstić information content (AvgIpc) is 2.35. The predicted molar refractivity (Wildman–Crippen MR) is 69.6 cm³/mol. The lowest BCUT2D eigenvalue weighted by atomic mass is 9.80. The number of benzene rings is 1. The normalized spacial score (nSPS) is 17.1. The predicted octanol–water partition coefficient (Wildman–Crippen LogP) is 0.871. The largest absolute Gasteiger partial charge is 0.328 e. The van der Waals surface area contributed by atoms with Gasteiger partial charge in [0.25, 0.3) is 0 Å². The Morgan fingerprint density at radius 2 is 1.86 bits per heavy atom. The van der Waals surface area contributed by atoms with Gasteiger partial charge in [0.05, 0.1) is 0 Å². The third-order valence-electron chi connectivity index (χ3n) is 3.22. The van der Waals surface area contributed by atoms with Gasteiger partial charge in [0, 0.05) is 12.3 Å². The van der Waals surface area contributed by atoms with Gasteiger partial charge < -0.3 is 4.79 Å². The number of carbonyl (C=O) groups is 4. The van der Waals surface area contributed by atoms with E-state index in [-0.39, 0.29) is 12.2 Å². The van der Waals surface area contributed by atoms with Crippen molar-refractivity contribution in [1.82, 2.24) is 10.6 Å². The van der Waals surface area contributed by atoms with Gasteiger partial charge in [0.1, 0.15) is 17.5 Å². The lowest BCUT2D eigenvalue weighted by Gasteiger charge is -2.27. The molecular formula is C14H13FN2O4. The molecule has 110 valence electrons. The third kappa shape index (κ3) is 3.31. The van der Waals surface area contributed by atoms with Gasteiger partial charge in [-0.3, -0.25) is 20.2 Å². The van der Waals surface area contributed by atoms with Crippen molar-refractivity contribution in [3.63, 3.8) is 0 Å². The smallest absolute Gasteiger partial charge is 0.300 e. The van der Waals surface area contributed by atoms with E-state index in [1.54, 1.807) is 0 Å². The van der Waals surface area contributed by atoms with Crippen LogP contribution >= 0.6 is 0 Å². The van der Waals surface area contributed by atoms with Crippen molar-refractivity contribution in [3.8, 4) is 0 Å². The highest BCUT2D eigenvalue weighted by Crippen LogP contribution is 2.30. The van der Waals surface area contributed by atoms with Gasteiger partial charge in [0.2, 0.25) is 11.8 Å². The van der Waals surface area contributed by atoms with Crippen LogP contribution in [0.15, 0.2) is 24.3 Å². The second-order valence-electron chi connectivity index (χ2n) is 4.85. The molecule has 0 bridgehead atoms. The van der Waals surface area contributed by atoms with Gasteiger partial charge in [0.15, 0.2) is 0 Å². The highest BCUT2D eigenvalue weighted by Gasteiger charge is 2.41. The van der Waals surface area contributed by atoms with Crippen molar-refractivity contribution >= 4 is 23.6 Å². The summed E-state index contributed by atoms with van der Waals surface area (Å²) in [6, 6.07) is 4.46. The van der Waals surface area contributed by atoms with Crippen LogP contribution < -0.4 is 10.6 Å². The topological polar surface area (TPSA) is 92.3 Å². The maximum absolute atomic E-state index is 13.3. The molecule has 6 nitrogen and oxygen atoms in total. The van der Waals surface area contributed by atoms with Crippen LogP contribution in [0.2, 0.25) is 0 Å². The van der Waals surface area contributed by atoms with Gasteiger partial charge in [-0.05, 0) is 24.6 Å².